The van der Waals surface area contributed by atoms with E-state index in [9.17, 15) is 4.79 Å². The molecule has 0 aromatic carbocycles. The average Bonchev–Trinajstić information content (AvgIpc) is 2.76. The molecule has 2 aromatic heterocycles. The fraction of sp³-hybridized carbons (Fsp3) is 0.300. The number of nitrogens with one attached hydrogen (secondary N) is 1. The van der Waals surface area contributed by atoms with Crippen LogP contribution in [0.15, 0.2) is 23.6 Å². The third-order valence-corrected chi connectivity index (χ3v) is 3.51. The van der Waals surface area contributed by atoms with E-state index >= 15 is 0 Å². The summed E-state index contributed by atoms with van der Waals surface area (Å²) >= 11 is 2.81. The minimum atomic E-state index is -0.0745. The van der Waals surface area contributed by atoms with Gasteiger partial charge in [-0.3, -0.25) is 4.79 Å². The minimum absolute atomic E-state index is 0.0745. The summed E-state index contributed by atoms with van der Waals surface area (Å²) in [5.41, 5.74) is 0. The molecule has 0 unspecified atom stereocenters. The summed E-state index contributed by atoms with van der Waals surface area (Å²) in [6.07, 6.45) is 3.75. The summed E-state index contributed by atoms with van der Waals surface area (Å²) in [5, 5.41) is 12.4. The zero-order chi connectivity index (χ0) is 12.8. The largest absolute Gasteiger partial charge is 0.301 e. The van der Waals surface area contributed by atoms with Gasteiger partial charge in [0.1, 0.15) is 5.01 Å². The van der Waals surface area contributed by atoms with Crippen LogP contribution in [-0.4, -0.2) is 31.8 Å². The number of anilines is 1. The Morgan fingerprint density at radius 3 is 2.83 bits per heavy atom. The van der Waals surface area contributed by atoms with Crippen molar-refractivity contribution in [1.29, 1.82) is 0 Å². The van der Waals surface area contributed by atoms with Gasteiger partial charge >= 0.3 is 0 Å². The molecule has 2 aromatic rings. The number of carbonyl (C=O) groups is 1. The van der Waals surface area contributed by atoms with E-state index in [2.05, 4.69) is 25.5 Å². The van der Waals surface area contributed by atoms with Crippen LogP contribution in [0.4, 0.5) is 5.13 Å². The summed E-state index contributed by atoms with van der Waals surface area (Å²) in [5.74, 6) is 0.558. The molecule has 0 bridgehead atoms. The first-order valence-electron chi connectivity index (χ1n) is 5.24. The van der Waals surface area contributed by atoms with Crippen LogP contribution >= 0.6 is 23.1 Å². The Hall–Kier alpha value is -1.54. The fourth-order valence-corrected chi connectivity index (χ4v) is 2.47. The van der Waals surface area contributed by atoms with E-state index in [0.717, 1.165) is 5.01 Å². The average molecular weight is 281 g/mol. The first-order valence-corrected chi connectivity index (χ1v) is 7.04. The number of aryl methyl sites for hydroxylation is 1. The van der Waals surface area contributed by atoms with E-state index in [4.69, 9.17) is 0 Å². The van der Waals surface area contributed by atoms with E-state index in [0.29, 0.717) is 22.5 Å². The number of hydrogen-bond acceptors (Lipinski definition) is 7. The predicted molar refractivity (Wildman–Crippen MR) is 70.6 cm³/mol. The molecule has 0 fully saturated rings. The Morgan fingerprint density at radius 1 is 1.39 bits per heavy atom. The fourth-order valence-electron chi connectivity index (χ4n) is 1.12. The van der Waals surface area contributed by atoms with Crippen LogP contribution in [0.5, 0.6) is 0 Å². The molecule has 8 heteroatoms. The number of hydrogen-bond donors (Lipinski definition) is 1. The maximum atomic E-state index is 11.6. The molecular formula is C10H11N5OS2. The Labute approximate surface area is 112 Å². The van der Waals surface area contributed by atoms with Crippen molar-refractivity contribution in [2.75, 3.05) is 11.1 Å². The van der Waals surface area contributed by atoms with Gasteiger partial charge in [0, 0.05) is 24.6 Å². The van der Waals surface area contributed by atoms with Crippen LogP contribution in [0.2, 0.25) is 0 Å². The third kappa shape index (κ3) is 4.04. The first-order chi connectivity index (χ1) is 8.74. The molecular weight excluding hydrogens is 270 g/mol. The number of amides is 1. The molecule has 0 atom stereocenters. The quantitative estimate of drug-likeness (QED) is 0.664. The second kappa shape index (κ2) is 6.41. The lowest BCUT2D eigenvalue weighted by Gasteiger charge is -2.00. The lowest BCUT2D eigenvalue weighted by atomic mass is 10.5. The zero-order valence-electron chi connectivity index (χ0n) is 9.66. The molecule has 0 saturated carbocycles. The summed E-state index contributed by atoms with van der Waals surface area (Å²) in [7, 11) is 0. The van der Waals surface area contributed by atoms with Crippen molar-refractivity contribution in [2.45, 2.75) is 18.5 Å². The predicted octanol–water partition coefficient (Wildman–Crippen LogP) is 1.76. The van der Waals surface area contributed by atoms with E-state index in [1.54, 1.807) is 18.5 Å². The summed E-state index contributed by atoms with van der Waals surface area (Å²) in [6, 6.07) is 1.76. The Morgan fingerprint density at radius 2 is 2.17 bits per heavy atom. The molecule has 1 N–H and O–H groups in total. The summed E-state index contributed by atoms with van der Waals surface area (Å²) < 4.78 is 0. The lowest BCUT2D eigenvalue weighted by molar-refractivity contribution is -0.115. The highest BCUT2D eigenvalue weighted by molar-refractivity contribution is 7.99. The van der Waals surface area contributed by atoms with E-state index in [1.807, 2.05) is 6.92 Å². The Bertz CT molecular complexity index is 516. The normalized spacial score (nSPS) is 10.3. The molecule has 0 radical (unpaired) electrons. The van der Waals surface area contributed by atoms with Crippen LogP contribution in [-0.2, 0) is 4.79 Å². The molecule has 2 rings (SSSR count). The summed E-state index contributed by atoms with van der Waals surface area (Å²) in [6.45, 7) is 1.84. The van der Waals surface area contributed by atoms with Crippen molar-refractivity contribution >= 4 is 34.1 Å². The van der Waals surface area contributed by atoms with Crippen LogP contribution in [0.3, 0.4) is 0 Å². The topological polar surface area (TPSA) is 80.7 Å². The first kappa shape index (κ1) is 12.9. The molecule has 0 saturated heterocycles. The van der Waals surface area contributed by atoms with E-state index in [-0.39, 0.29) is 5.91 Å². The van der Waals surface area contributed by atoms with Crippen molar-refractivity contribution in [3.05, 3.63) is 23.5 Å². The second-order valence-electron chi connectivity index (χ2n) is 3.30. The van der Waals surface area contributed by atoms with Crippen molar-refractivity contribution in [3.8, 4) is 0 Å². The minimum Gasteiger partial charge on any atom is -0.301 e. The van der Waals surface area contributed by atoms with Crippen molar-refractivity contribution < 1.29 is 4.79 Å². The molecule has 18 heavy (non-hydrogen) atoms. The maximum absolute atomic E-state index is 11.6. The van der Waals surface area contributed by atoms with E-state index < -0.39 is 0 Å². The highest BCUT2D eigenvalue weighted by atomic mass is 32.2. The molecule has 1 amide bonds. The highest BCUT2D eigenvalue weighted by Gasteiger charge is 2.06. The van der Waals surface area contributed by atoms with Crippen molar-refractivity contribution in [3.63, 3.8) is 0 Å². The molecule has 0 aliphatic heterocycles. The molecule has 2 heterocycles. The van der Waals surface area contributed by atoms with Gasteiger partial charge in [-0.25, -0.2) is 9.97 Å². The highest BCUT2D eigenvalue weighted by Crippen LogP contribution is 2.15. The van der Waals surface area contributed by atoms with Gasteiger partial charge in [-0.15, -0.1) is 10.2 Å². The Kier molecular flexibility index (Phi) is 4.59. The summed E-state index contributed by atoms with van der Waals surface area (Å²) in [4.78, 5) is 19.7. The van der Waals surface area contributed by atoms with Gasteiger partial charge in [-0.2, -0.15) is 0 Å². The Balaban J connectivity index is 1.72. The smallest absolute Gasteiger partial charge is 0.227 e. The monoisotopic (exact) mass is 281 g/mol. The standard InChI is InChI=1S/C10H11N5OS2/c1-7-14-15-10(18-7)13-8(16)3-6-17-9-11-4-2-5-12-9/h2,4-5H,3,6H2,1H3,(H,13,15,16). The molecule has 0 aliphatic carbocycles. The number of rotatable bonds is 5. The van der Waals surface area contributed by atoms with Crippen LogP contribution in [0.25, 0.3) is 0 Å². The molecule has 6 nitrogen and oxygen atoms in total. The van der Waals surface area contributed by atoms with Gasteiger partial charge in [0.15, 0.2) is 5.16 Å². The number of thioether (sulfide) groups is 1. The van der Waals surface area contributed by atoms with Gasteiger partial charge in [0.2, 0.25) is 11.0 Å². The third-order valence-electron chi connectivity index (χ3n) is 1.87. The maximum Gasteiger partial charge on any atom is 0.227 e. The molecule has 0 spiro atoms. The van der Waals surface area contributed by atoms with Crippen molar-refractivity contribution in [1.82, 2.24) is 20.2 Å². The van der Waals surface area contributed by atoms with Crippen LogP contribution in [0, 0.1) is 6.92 Å². The van der Waals surface area contributed by atoms with Crippen LogP contribution < -0.4 is 5.32 Å². The molecule has 0 aliphatic rings. The number of nitrogens with zero attached hydrogens (tertiary/aromatic N) is 4. The van der Waals surface area contributed by atoms with Gasteiger partial charge < -0.3 is 5.32 Å². The second-order valence-corrected chi connectivity index (χ2v) is 5.55. The van der Waals surface area contributed by atoms with Crippen molar-refractivity contribution in [2.24, 2.45) is 0 Å². The van der Waals surface area contributed by atoms with Crippen LogP contribution in [0.1, 0.15) is 11.4 Å². The van der Waals surface area contributed by atoms with Gasteiger partial charge in [-0.05, 0) is 13.0 Å². The van der Waals surface area contributed by atoms with Gasteiger partial charge in [0.25, 0.3) is 0 Å². The molecule has 94 valence electrons. The number of aromatic nitrogens is 4. The van der Waals surface area contributed by atoms with Gasteiger partial charge in [0.05, 0.1) is 0 Å². The zero-order valence-corrected chi connectivity index (χ0v) is 11.3. The SMILES string of the molecule is Cc1nnc(NC(=O)CCSc2ncccn2)s1. The van der Waals surface area contributed by atoms with Gasteiger partial charge in [-0.1, -0.05) is 23.1 Å². The van der Waals surface area contributed by atoms with E-state index in [1.165, 1.54) is 23.1 Å². The number of carbonyl (C=O) groups excluding carboxylic acids is 1. The lowest BCUT2D eigenvalue weighted by Crippen LogP contribution is -2.12.